The van der Waals surface area contributed by atoms with E-state index in [2.05, 4.69) is 62.5 Å². The van der Waals surface area contributed by atoms with Gasteiger partial charge in [-0.2, -0.15) is 8.97 Å². The van der Waals surface area contributed by atoms with E-state index in [1.807, 2.05) is 97.2 Å². The van der Waals surface area contributed by atoms with E-state index in [4.69, 9.17) is 17.9 Å². The number of pyridine rings is 1. The highest BCUT2D eigenvalue weighted by atomic mass is 28.3. The summed E-state index contributed by atoms with van der Waals surface area (Å²) in [5, 5.41) is 1.25. The monoisotopic (exact) mass is 848 g/mol. The standard InChI is InChI=1S/C58H42N4OSi/c1-58(2)47-24-11-16-30-53(47)63-56-48(58)25-17-31-54(56)64(3,38-18-5-4-6-19-38)39-32-33-43-40-20-7-8-21-41(40)46-34-37(36-59-55(46)44-23-10-9-22-42(44)45(43)35-39)61-51-28-14-15-29-52(51)62-50-27-13-12-26-49(50)60-57(61)62/h4-36H,1-3H3/p+1/i1D3,2D3,3D3. The molecule has 13 rings (SSSR count). The molecule has 1 atom stereocenters. The lowest BCUT2D eigenvalue weighted by molar-refractivity contribution is -0.540. The maximum atomic E-state index is 9.85. The highest BCUT2D eigenvalue weighted by molar-refractivity contribution is 7.11. The molecule has 1 aliphatic carbocycles. The van der Waals surface area contributed by atoms with Gasteiger partial charge in [0.25, 0.3) is 0 Å². The molecule has 0 bridgehead atoms. The van der Waals surface area contributed by atoms with E-state index in [9.17, 15) is 4.11 Å². The Bertz CT molecular complexity index is 4050. The summed E-state index contributed by atoms with van der Waals surface area (Å²) >= 11 is 0. The van der Waals surface area contributed by atoms with Gasteiger partial charge in [0.05, 0.1) is 11.9 Å². The topological polar surface area (TPSA) is 46.2 Å². The van der Waals surface area contributed by atoms with Crippen LogP contribution in [0.25, 0.3) is 78.2 Å². The number of hydrogen-bond acceptors (Lipinski definition) is 2. The molecular weight excluding hydrogens is 797 g/mol. The van der Waals surface area contributed by atoms with Crippen molar-refractivity contribution in [1.29, 1.82) is 0 Å². The van der Waals surface area contributed by atoms with Crippen LogP contribution in [0.15, 0.2) is 200 Å². The fourth-order valence-corrected chi connectivity index (χ4v) is 13.5. The normalized spacial score (nSPS) is 16.9. The van der Waals surface area contributed by atoms with Crippen LogP contribution < -0.4 is 24.9 Å². The molecule has 0 fully saturated rings. The van der Waals surface area contributed by atoms with Gasteiger partial charge in [-0.05, 0) is 79.8 Å². The number of benzene rings is 8. The summed E-state index contributed by atoms with van der Waals surface area (Å²) in [5.74, 6) is 0.868. The molecule has 304 valence electrons. The Morgan fingerprint density at radius 1 is 0.578 bits per heavy atom. The maximum absolute atomic E-state index is 9.85. The lowest BCUT2D eigenvalue weighted by Crippen LogP contribution is -2.65. The highest BCUT2D eigenvalue weighted by Crippen LogP contribution is 2.49. The van der Waals surface area contributed by atoms with E-state index in [1.165, 1.54) is 12.1 Å². The molecule has 2 aliphatic rings. The van der Waals surface area contributed by atoms with Crippen LogP contribution in [0.3, 0.4) is 0 Å². The lowest BCUT2D eigenvalue weighted by Gasteiger charge is -2.39. The summed E-state index contributed by atoms with van der Waals surface area (Å²) in [6.45, 7) is -9.00. The molecule has 0 saturated carbocycles. The number of rotatable bonds is 4. The van der Waals surface area contributed by atoms with Crippen LogP contribution in [0, 0.1) is 0 Å². The van der Waals surface area contributed by atoms with Crippen LogP contribution in [-0.2, 0) is 5.41 Å². The van der Waals surface area contributed by atoms with Crippen molar-refractivity contribution in [3.05, 3.63) is 211 Å². The quantitative estimate of drug-likeness (QED) is 0.109. The van der Waals surface area contributed by atoms with Crippen LogP contribution >= 0.6 is 0 Å². The van der Waals surface area contributed by atoms with Crippen molar-refractivity contribution < 1.29 is 21.6 Å². The molecule has 6 heteroatoms. The van der Waals surface area contributed by atoms with Crippen molar-refractivity contribution in [1.82, 2.24) is 14.4 Å². The van der Waals surface area contributed by atoms with E-state index in [0.29, 0.717) is 10.4 Å². The predicted octanol–water partition coefficient (Wildman–Crippen LogP) is 11.8. The van der Waals surface area contributed by atoms with Gasteiger partial charge in [0.2, 0.25) is 0 Å². The van der Waals surface area contributed by atoms with Gasteiger partial charge in [-0.15, -0.1) is 0 Å². The molecule has 1 unspecified atom stereocenters. The highest BCUT2D eigenvalue weighted by Gasteiger charge is 2.43. The molecule has 3 aromatic heterocycles. The van der Waals surface area contributed by atoms with Crippen molar-refractivity contribution in [3.63, 3.8) is 0 Å². The summed E-state index contributed by atoms with van der Waals surface area (Å²) in [4.78, 5) is 9.03. The second kappa shape index (κ2) is 13.6. The average molecular weight is 849 g/mol. The van der Waals surface area contributed by atoms with Crippen LogP contribution in [0.5, 0.6) is 11.5 Å². The first-order valence-corrected chi connectivity index (χ1v) is 23.4. The van der Waals surface area contributed by atoms with Crippen LogP contribution in [0.1, 0.15) is 37.2 Å². The zero-order chi connectivity index (χ0) is 50.2. The summed E-state index contributed by atoms with van der Waals surface area (Å²) < 4.78 is 95.0. The average Bonchev–Trinajstić information content (AvgIpc) is 3.92. The van der Waals surface area contributed by atoms with Gasteiger partial charge in [-0.3, -0.25) is 4.98 Å². The predicted molar refractivity (Wildman–Crippen MR) is 263 cm³/mol. The first-order chi connectivity index (χ1) is 35.1. The van der Waals surface area contributed by atoms with Gasteiger partial charge in [0.15, 0.2) is 0 Å². The minimum Gasteiger partial charge on any atom is -0.457 e. The van der Waals surface area contributed by atoms with Crippen molar-refractivity contribution in [3.8, 4) is 61.8 Å². The van der Waals surface area contributed by atoms with E-state index in [-0.39, 0.29) is 27.8 Å². The fourth-order valence-electron chi connectivity index (χ4n) is 10.3. The number of para-hydroxylation sites is 6. The molecule has 8 aromatic carbocycles. The van der Waals surface area contributed by atoms with Crippen LogP contribution in [-0.4, -0.2) is 22.4 Å². The number of aromatic nitrogens is 4. The smallest absolute Gasteiger partial charge is 0.373 e. The second-order valence-corrected chi connectivity index (χ2v) is 19.9. The minimum atomic E-state index is -4.49. The van der Waals surface area contributed by atoms with Gasteiger partial charge >= 0.3 is 5.78 Å². The van der Waals surface area contributed by atoms with Crippen LogP contribution in [0.4, 0.5) is 0 Å². The summed E-state index contributed by atoms with van der Waals surface area (Å²) in [5.41, 5.74) is 9.15. The molecule has 1 N–H and O–H groups in total. The van der Waals surface area contributed by atoms with E-state index in [1.54, 1.807) is 42.5 Å². The third-order valence-electron chi connectivity index (χ3n) is 13.3. The number of aromatic amines is 1. The van der Waals surface area contributed by atoms with Crippen LogP contribution in [0.2, 0.25) is 6.48 Å². The van der Waals surface area contributed by atoms with Gasteiger partial charge in [-0.25, -0.2) is 4.98 Å². The van der Waals surface area contributed by atoms with Crippen molar-refractivity contribution >= 4 is 51.5 Å². The Hall–Kier alpha value is -7.80. The Morgan fingerprint density at radius 2 is 1.25 bits per heavy atom. The Labute approximate surface area is 385 Å². The third-order valence-corrected chi connectivity index (χ3v) is 16.9. The largest absolute Gasteiger partial charge is 0.457 e. The number of ether oxygens (including phenoxy) is 1. The first kappa shape index (κ1) is 28.7. The molecular formula is C58H43N4OSi+. The number of imidazole rings is 2. The Kier molecular flexibility index (Phi) is 6.10. The lowest BCUT2D eigenvalue weighted by atomic mass is 9.76. The molecule has 0 spiro atoms. The molecule has 64 heavy (non-hydrogen) atoms. The Balaban J connectivity index is 1.08. The SMILES string of the molecule is [2H]C([2H])([2H])C1(C([2H])([2H])[2H])c2ccccc2Oc2c1cccc2[Si](c1ccccc1)(c1ccc2c(c1)-c1ccccc1-c1ncc(-[n+]3c4ccccc4n4c5ccccc5[nH]c43)cc1-c1ccccc1-2)C([2H])([2H])[2H]. The fraction of sp³-hybridized carbons (Fsp3) is 0.0690. The molecule has 4 heterocycles. The molecule has 1 aliphatic heterocycles. The van der Waals surface area contributed by atoms with Gasteiger partial charge in [0.1, 0.15) is 47.3 Å². The van der Waals surface area contributed by atoms with E-state index < -0.39 is 33.7 Å². The summed E-state index contributed by atoms with van der Waals surface area (Å²) in [6, 6.07) is 61.0. The second-order valence-electron chi connectivity index (χ2n) is 16.7. The van der Waals surface area contributed by atoms with E-state index in [0.717, 1.165) is 78.2 Å². The van der Waals surface area contributed by atoms with E-state index >= 15 is 0 Å². The number of hydrogen-bond donors (Lipinski definition) is 1. The van der Waals surface area contributed by atoms with Crippen molar-refractivity contribution in [2.45, 2.75) is 25.6 Å². The zero-order valence-corrected chi connectivity index (χ0v) is 35.3. The van der Waals surface area contributed by atoms with Gasteiger partial charge in [0, 0.05) is 40.0 Å². The van der Waals surface area contributed by atoms with Crippen molar-refractivity contribution in [2.75, 3.05) is 0 Å². The van der Waals surface area contributed by atoms with Crippen molar-refractivity contribution in [2.24, 2.45) is 0 Å². The minimum absolute atomic E-state index is 0.00960. The molecule has 0 amide bonds. The number of nitrogens with one attached hydrogen (secondary N) is 1. The maximum Gasteiger partial charge on any atom is 0.373 e. The Morgan fingerprint density at radius 3 is 2.08 bits per heavy atom. The number of nitrogens with zero attached hydrogens (tertiary/aromatic N) is 3. The number of H-pyrrole nitrogens is 1. The first-order valence-electron chi connectivity index (χ1n) is 25.9. The molecule has 5 nitrogen and oxygen atoms in total. The number of fused-ring (bicyclic) bond motifs is 15. The third kappa shape index (κ3) is 5.11. The molecule has 0 saturated heterocycles. The van der Waals surface area contributed by atoms with Gasteiger partial charge < -0.3 is 4.74 Å². The molecule has 11 aromatic rings. The zero-order valence-electron chi connectivity index (χ0n) is 43.3. The molecule has 0 radical (unpaired) electrons. The summed E-state index contributed by atoms with van der Waals surface area (Å²) in [7, 11) is -4.49. The summed E-state index contributed by atoms with van der Waals surface area (Å²) in [6.07, 6.45) is 1.91. The van der Waals surface area contributed by atoms with Gasteiger partial charge in [-0.1, -0.05) is 178 Å².